The fourth-order valence-corrected chi connectivity index (χ4v) is 1.90. The van der Waals surface area contributed by atoms with Gasteiger partial charge in [-0.2, -0.15) is 14.8 Å². The Kier molecular flexibility index (Phi) is 3.06. The van der Waals surface area contributed by atoms with Crippen molar-refractivity contribution in [3.8, 4) is 11.8 Å². The molecule has 9 nitrogen and oxygen atoms in total. The molecule has 108 valence electrons. The average Bonchev–Trinajstić information content (AvgIpc) is 2.63. The van der Waals surface area contributed by atoms with Gasteiger partial charge in [0.1, 0.15) is 18.0 Å². The molecule has 0 aliphatic carbocycles. The van der Waals surface area contributed by atoms with Gasteiger partial charge in [0.25, 0.3) is 0 Å². The molecule has 1 aromatic rings. The Morgan fingerprint density at radius 1 is 1.75 bits per heavy atom. The second-order valence-electron chi connectivity index (χ2n) is 4.09. The second kappa shape index (κ2) is 5.18. The van der Waals surface area contributed by atoms with Crippen molar-refractivity contribution in [2.24, 2.45) is 0 Å². The van der Waals surface area contributed by atoms with E-state index in [2.05, 4.69) is 21.9 Å². The van der Waals surface area contributed by atoms with Crippen molar-refractivity contribution in [1.29, 1.82) is 0 Å². The fourth-order valence-electron chi connectivity index (χ4n) is 1.90. The highest BCUT2D eigenvalue weighted by atomic mass is 16.6. The highest BCUT2D eigenvalue weighted by molar-refractivity contribution is 5.23. The molecule has 0 saturated carbocycles. The van der Waals surface area contributed by atoms with E-state index in [1.807, 2.05) is 0 Å². The SMILES string of the molecule is [2H]C([2H])(O)[C@H]1O[C@@H](n2ncc(N)nc2=O)C(O)(C#CC)[C@H]1O. The molecular weight excluding hydrogens is 268 g/mol. The van der Waals surface area contributed by atoms with Crippen molar-refractivity contribution in [3.63, 3.8) is 0 Å². The molecule has 0 aromatic carbocycles. The minimum absolute atomic E-state index is 0.168. The van der Waals surface area contributed by atoms with E-state index < -0.39 is 36.3 Å². The molecule has 2 rings (SSSR count). The molecule has 9 heteroatoms. The zero-order chi connectivity index (χ0) is 16.7. The van der Waals surface area contributed by atoms with Crippen molar-refractivity contribution in [2.45, 2.75) is 31.0 Å². The highest BCUT2D eigenvalue weighted by Gasteiger charge is 2.56. The van der Waals surface area contributed by atoms with E-state index in [0.29, 0.717) is 4.68 Å². The highest BCUT2D eigenvalue weighted by Crippen LogP contribution is 2.36. The molecule has 20 heavy (non-hydrogen) atoms. The van der Waals surface area contributed by atoms with Crippen LogP contribution in [0.15, 0.2) is 11.0 Å². The maximum Gasteiger partial charge on any atom is 0.368 e. The van der Waals surface area contributed by atoms with Crippen LogP contribution in [-0.4, -0.2) is 54.5 Å². The number of aliphatic hydroxyl groups excluding tert-OH is 1. The second-order valence-corrected chi connectivity index (χ2v) is 4.09. The molecular formula is C11H14N4O5. The van der Waals surface area contributed by atoms with Crippen LogP contribution in [0, 0.1) is 11.8 Å². The molecule has 5 N–H and O–H groups in total. The zero-order valence-electron chi connectivity index (χ0n) is 12.4. The summed E-state index contributed by atoms with van der Waals surface area (Å²) in [4.78, 5) is 15.2. The van der Waals surface area contributed by atoms with Gasteiger partial charge in [0.15, 0.2) is 6.23 Å². The van der Waals surface area contributed by atoms with Crippen LogP contribution in [-0.2, 0) is 4.74 Å². The number of aromatic nitrogens is 3. The number of aliphatic hydroxyl groups is 3. The quantitative estimate of drug-likeness (QED) is 0.427. The van der Waals surface area contributed by atoms with Gasteiger partial charge >= 0.3 is 5.69 Å². The summed E-state index contributed by atoms with van der Waals surface area (Å²) in [7, 11) is 0. The predicted molar refractivity (Wildman–Crippen MR) is 66.1 cm³/mol. The van der Waals surface area contributed by atoms with Gasteiger partial charge in [-0.1, -0.05) is 5.92 Å². The molecule has 1 fully saturated rings. The van der Waals surface area contributed by atoms with Crippen molar-refractivity contribution < 1.29 is 22.8 Å². The van der Waals surface area contributed by atoms with Gasteiger partial charge in [-0.15, -0.1) is 5.92 Å². The summed E-state index contributed by atoms with van der Waals surface area (Å²) in [6, 6.07) is 0. The zero-order valence-corrected chi connectivity index (χ0v) is 10.4. The predicted octanol–water partition coefficient (Wildman–Crippen LogP) is -2.77. The standard InChI is InChI=1S/C11H14N4O5/c1-2-3-11(19)8(17)6(5-16)20-9(11)15-10(18)14-7(12)4-13-15/h4,6,8-9,16-17,19H,5H2,1H3,(H2,12,14,18)/t6-,8+,9-,11?/m1/s1/i5D2. The Morgan fingerprint density at radius 3 is 3.00 bits per heavy atom. The lowest BCUT2D eigenvalue weighted by Crippen LogP contribution is -2.48. The van der Waals surface area contributed by atoms with E-state index in [4.69, 9.17) is 13.2 Å². The van der Waals surface area contributed by atoms with E-state index >= 15 is 0 Å². The third-order valence-electron chi connectivity index (χ3n) is 2.80. The smallest absolute Gasteiger partial charge is 0.368 e. The number of anilines is 1. The number of nitrogens with zero attached hydrogens (tertiary/aromatic N) is 3. The maximum absolute atomic E-state index is 11.8. The fraction of sp³-hybridized carbons (Fsp3) is 0.545. The van der Waals surface area contributed by atoms with Gasteiger partial charge in [-0.25, -0.2) is 4.79 Å². The van der Waals surface area contributed by atoms with Crippen LogP contribution in [0.3, 0.4) is 0 Å². The lowest BCUT2D eigenvalue weighted by Gasteiger charge is -2.25. The molecule has 0 spiro atoms. The van der Waals surface area contributed by atoms with Crippen LogP contribution < -0.4 is 11.4 Å². The van der Waals surface area contributed by atoms with E-state index in [1.54, 1.807) is 0 Å². The Morgan fingerprint density at radius 2 is 2.45 bits per heavy atom. The Bertz CT molecular complexity index is 694. The van der Waals surface area contributed by atoms with Gasteiger partial charge in [0.05, 0.1) is 15.5 Å². The van der Waals surface area contributed by atoms with Crippen LogP contribution in [0.1, 0.15) is 15.9 Å². The lowest BCUT2D eigenvalue weighted by molar-refractivity contribution is -0.0836. The minimum Gasteiger partial charge on any atom is -0.394 e. The Labute approximate surface area is 116 Å². The summed E-state index contributed by atoms with van der Waals surface area (Å²) < 4.78 is 20.2. The molecule has 1 aliphatic heterocycles. The first-order chi connectivity index (χ1) is 10.1. The summed E-state index contributed by atoms with van der Waals surface area (Å²) in [6.45, 7) is -1.62. The lowest BCUT2D eigenvalue weighted by atomic mass is 9.95. The first-order valence-corrected chi connectivity index (χ1v) is 5.54. The number of nitrogens with two attached hydrogens (primary N) is 1. The minimum atomic E-state index is -2.98. The average molecular weight is 284 g/mol. The molecule has 0 radical (unpaired) electrons. The molecule has 0 amide bonds. The molecule has 4 atom stereocenters. The summed E-state index contributed by atoms with van der Waals surface area (Å²) >= 11 is 0. The maximum atomic E-state index is 11.8. The van der Waals surface area contributed by atoms with E-state index in [-0.39, 0.29) is 5.82 Å². The third-order valence-corrected chi connectivity index (χ3v) is 2.80. The van der Waals surface area contributed by atoms with Gasteiger partial charge in [-0.3, -0.25) is 0 Å². The van der Waals surface area contributed by atoms with Crippen LogP contribution in [0.25, 0.3) is 0 Å². The monoisotopic (exact) mass is 284 g/mol. The molecule has 2 heterocycles. The first-order valence-electron chi connectivity index (χ1n) is 6.54. The van der Waals surface area contributed by atoms with Crippen LogP contribution in [0.2, 0.25) is 0 Å². The van der Waals surface area contributed by atoms with Crippen LogP contribution >= 0.6 is 0 Å². The van der Waals surface area contributed by atoms with E-state index in [1.165, 1.54) is 6.92 Å². The number of hydrogen-bond donors (Lipinski definition) is 4. The van der Waals surface area contributed by atoms with Crippen molar-refractivity contribution in [1.82, 2.24) is 14.8 Å². The van der Waals surface area contributed by atoms with Gasteiger partial charge in [-0.05, 0) is 6.92 Å². The number of hydrogen-bond acceptors (Lipinski definition) is 8. The van der Waals surface area contributed by atoms with E-state index in [9.17, 15) is 20.1 Å². The normalized spacial score (nSPS) is 34.9. The summed E-state index contributed by atoms with van der Waals surface area (Å²) in [5.41, 5.74) is 1.94. The van der Waals surface area contributed by atoms with Gasteiger partial charge < -0.3 is 25.8 Å². The Balaban J connectivity index is 2.57. The third kappa shape index (κ3) is 2.14. The van der Waals surface area contributed by atoms with Crippen LogP contribution in [0.5, 0.6) is 0 Å². The summed E-state index contributed by atoms with van der Waals surface area (Å²) in [5.74, 6) is 4.44. The van der Waals surface area contributed by atoms with Gasteiger partial charge in [0.2, 0.25) is 5.60 Å². The van der Waals surface area contributed by atoms with Crippen molar-refractivity contribution in [2.75, 3.05) is 12.3 Å². The molecule has 1 aromatic heterocycles. The molecule has 1 saturated heterocycles. The molecule has 1 unspecified atom stereocenters. The van der Waals surface area contributed by atoms with E-state index in [0.717, 1.165) is 6.20 Å². The van der Waals surface area contributed by atoms with Crippen molar-refractivity contribution >= 4 is 5.82 Å². The molecule has 1 aliphatic rings. The van der Waals surface area contributed by atoms with Crippen molar-refractivity contribution in [3.05, 3.63) is 16.7 Å². The first kappa shape index (κ1) is 11.8. The van der Waals surface area contributed by atoms with Gasteiger partial charge in [0, 0.05) is 0 Å². The Hall–Kier alpha value is -1.99. The number of ether oxygens (including phenoxy) is 1. The van der Waals surface area contributed by atoms with Crippen LogP contribution in [0.4, 0.5) is 5.82 Å². The number of rotatable bonds is 2. The number of nitrogen functional groups attached to an aromatic ring is 1. The summed E-state index contributed by atoms with van der Waals surface area (Å²) in [5, 5.41) is 33.7. The summed E-state index contributed by atoms with van der Waals surface area (Å²) in [6.07, 6.45) is -4.45. The topological polar surface area (TPSA) is 144 Å². The molecule has 0 bridgehead atoms. The largest absolute Gasteiger partial charge is 0.394 e.